The summed E-state index contributed by atoms with van der Waals surface area (Å²) in [5.74, 6) is 0.260. The van der Waals surface area contributed by atoms with Crippen LogP contribution in [0.3, 0.4) is 0 Å². The largest absolute Gasteiger partial charge is 0.380 e. The standard InChI is InChI=1S/C15H20N2O2S/c1-4-19-9-13(10(2)3)17-14(18)11-7-5-6-8-12(11)16-15(17)20/h5-8,10,13H,4,9H2,1-3H3,(H,16,20). The molecule has 0 amide bonds. The van der Waals surface area contributed by atoms with Crippen LogP contribution in [0.2, 0.25) is 0 Å². The molecule has 1 atom stereocenters. The summed E-state index contributed by atoms with van der Waals surface area (Å²) in [6.07, 6.45) is 0. The quantitative estimate of drug-likeness (QED) is 0.860. The van der Waals surface area contributed by atoms with E-state index in [-0.39, 0.29) is 17.5 Å². The van der Waals surface area contributed by atoms with Gasteiger partial charge in [-0.3, -0.25) is 9.36 Å². The molecular formula is C15H20N2O2S. The van der Waals surface area contributed by atoms with Crippen LogP contribution in [-0.4, -0.2) is 22.8 Å². The van der Waals surface area contributed by atoms with Gasteiger partial charge in [0.2, 0.25) is 0 Å². The predicted molar refractivity (Wildman–Crippen MR) is 83.8 cm³/mol. The van der Waals surface area contributed by atoms with E-state index in [4.69, 9.17) is 17.0 Å². The van der Waals surface area contributed by atoms with Crippen molar-refractivity contribution < 1.29 is 4.74 Å². The molecule has 0 radical (unpaired) electrons. The fourth-order valence-electron chi connectivity index (χ4n) is 2.28. The molecule has 0 saturated heterocycles. The van der Waals surface area contributed by atoms with E-state index in [9.17, 15) is 4.79 Å². The maximum Gasteiger partial charge on any atom is 0.262 e. The highest BCUT2D eigenvalue weighted by Crippen LogP contribution is 2.18. The van der Waals surface area contributed by atoms with Crippen molar-refractivity contribution in [1.82, 2.24) is 9.55 Å². The zero-order valence-corrected chi connectivity index (χ0v) is 12.9. The van der Waals surface area contributed by atoms with Crippen molar-refractivity contribution in [2.75, 3.05) is 13.2 Å². The maximum atomic E-state index is 12.7. The molecule has 0 bridgehead atoms. The van der Waals surface area contributed by atoms with Gasteiger partial charge in [0.15, 0.2) is 4.77 Å². The van der Waals surface area contributed by atoms with Crippen molar-refractivity contribution >= 4 is 23.1 Å². The zero-order chi connectivity index (χ0) is 14.7. The summed E-state index contributed by atoms with van der Waals surface area (Å²) in [5, 5.41) is 0.656. The molecule has 0 aliphatic carbocycles. The minimum absolute atomic E-state index is 0.0530. The first-order valence-electron chi connectivity index (χ1n) is 6.87. The summed E-state index contributed by atoms with van der Waals surface area (Å²) in [4.78, 5) is 15.8. The van der Waals surface area contributed by atoms with Gasteiger partial charge in [-0.1, -0.05) is 26.0 Å². The molecule has 0 fully saturated rings. The lowest BCUT2D eigenvalue weighted by Gasteiger charge is -2.23. The van der Waals surface area contributed by atoms with Gasteiger partial charge in [-0.15, -0.1) is 0 Å². The van der Waals surface area contributed by atoms with Gasteiger partial charge in [0.25, 0.3) is 5.56 Å². The van der Waals surface area contributed by atoms with Gasteiger partial charge in [0, 0.05) is 6.61 Å². The van der Waals surface area contributed by atoms with Gasteiger partial charge in [-0.25, -0.2) is 0 Å². The summed E-state index contributed by atoms with van der Waals surface area (Å²) < 4.78 is 7.62. The van der Waals surface area contributed by atoms with Gasteiger partial charge >= 0.3 is 0 Å². The molecule has 1 N–H and O–H groups in total. The number of H-pyrrole nitrogens is 1. The van der Waals surface area contributed by atoms with E-state index in [2.05, 4.69) is 18.8 Å². The van der Waals surface area contributed by atoms with Crippen LogP contribution in [0.5, 0.6) is 0 Å². The summed E-state index contributed by atoms with van der Waals surface area (Å²) in [5.41, 5.74) is 0.723. The SMILES string of the molecule is CCOCC(C(C)C)n1c(=S)[nH]c2ccccc2c1=O. The summed E-state index contributed by atoms with van der Waals surface area (Å²) in [6.45, 7) is 7.20. The van der Waals surface area contributed by atoms with Crippen LogP contribution in [0, 0.1) is 10.7 Å². The minimum atomic E-state index is -0.0594. The van der Waals surface area contributed by atoms with E-state index < -0.39 is 0 Å². The second-order valence-electron chi connectivity index (χ2n) is 5.12. The highest BCUT2D eigenvalue weighted by molar-refractivity contribution is 7.71. The number of para-hydroxylation sites is 1. The Labute approximate surface area is 123 Å². The fourth-order valence-corrected chi connectivity index (χ4v) is 2.61. The lowest BCUT2D eigenvalue weighted by atomic mass is 10.0. The van der Waals surface area contributed by atoms with E-state index in [1.807, 2.05) is 31.2 Å². The number of fused-ring (bicyclic) bond motifs is 1. The van der Waals surface area contributed by atoms with E-state index in [1.165, 1.54) is 0 Å². The average Bonchev–Trinajstić information content (AvgIpc) is 2.42. The van der Waals surface area contributed by atoms with Crippen molar-refractivity contribution in [2.24, 2.45) is 5.92 Å². The summed E-state index contributed by atoms with van der Waals surface area (Å²) >= 11 is 5.36. The van der Waals surface area contributed by atoms with Crippen LogP contribution >= 0.6 is 12.2 Å². The van der Waals surface area contributed by atoms with E-state index in [0.717, 1.165) is 5.52 Å². The second kappa shape index (κ2) is 6.33. The molecule has 5 heteroatoms. The average molecular weight is 292 g/mol. The molecule has 2 aromatic rings. The number of hydrogen-bond acceptors (Lipinski definition) is 3. The van der Waals surface area contributed by atoms with Crippen LogP contribution in [0.15, 0.2) is 29.1 Å². The molecular weight excluding hydrogens is 272 g/mol. The molecule has 20 heavy (non-hydrogen) atoms. The molecule has 0 aliphatic heterocycles. The molecule has 4 nitrogen and oxygen atoms in total. The molecule has 0 spiro atoms. The van der Waals surface area contributed by atoms with Gasteiger partial charge in [-0.05, 0) is 37.2 Å². The Morgan fingerprint density at radius 2 is 2.05 bits per heavy atom. The van der Waals surface area contributed by atoms with Crippen LogP contribution in [0.1, 0.15) is 26.8 Å². The number of nitrogens with one attached hydrogen (secondary N) is 1. The predicted octanol–water partition coefficient (Wildman–Crippen LogP) is 3.29. The molecule has 0 saturated carbocycles. The van der Waals surface area contributed by atoms with Gasteiger partial charge < -0.3 is 9.72 Å². The Kier molecular flexibility index (Phi) is 4.73. The number of hydrogen-bond donors (Lipinski definition) is 1. The Balaban J connectivity index is 2.63. The van der Waals surface area contributed by atoms with Crippen molar-refractivity contribution in [1.29, 1.82) is 0 Å². The third-order valence-electron chi connectivity index (χ3n) is 3.43. The Morgan fingerprint density at radius 3 is 2.70 bits per heavy atom. The molecule has 1 unspecified atom stereocenters. The number of rotatable bonds is 5. The van der Waals surface area contributed by atoms with Crippen molar-refractivity contribution in [3.63, 3.8) is 0 Å². The molecule has 1 heterocycles. The number of ether oxygens (including phenoxy) is 1. The second-order valence-corrected chi connectivity index (χ2v) is 5.51. The van der Waals surface area contributed by atoms with Crippen molar-refractivity contribution in [3.8, 4) is 0 Å². The lowest BCUT2D eigenvalue weighted by Crippen LogP contribution is -2.32. The molecule has 1 aromatic heterocycles. The molecule has 108 valence electrons. The first-order chi connectivity index (χ1) is 9.56. The number of nitrogens with zero attached hydrogens (tertiary/aromatic N) is 1. The molecule has 0 aliphatic rings. The van der Waals surface area contributed by atoms with Gasteiger partial charge in [0.05, 0.1) is 23.6 Å². The lowest BCUT2D eigenvalue weighted by molar-refractivity contribution is 0.0943. The van der Waals surface area contributed by atoms with Gasteiger partial charge in [-0.2, -0.15) is 0 Å². The van der Waals surface area contributed by atoms with Crippen LogP contribution < -0.4 is 5.56 Å². The smallest absolute Gasteiger partial charge is 0.262 e. The van der Waals surface area contributed by atoms with Crippen LogP contribution in [-0.2, 0) is 4.74 Å². The van der Waals surface area contributed by atoms with Crippen LogP contribution in [0.25, 0.3) is 10.9 Å². The van der Waals surface area contributed by atoms with Crippen LogP contribution in [0.4, 0.5) is 0 Å². The first kappa shape index (κ1) is 14.9. The zero-order valence-electron chi connectivity index (χ0n) is 12.1. The van der Waals surface area contributed by atoms with E-state index >= 15 is 0 Å². The van der Waals surface area contributed by atoms with E-state index in [0.29, 0.717) is 23.4 Å². The van der Waals surface area contributed by atoms with E-state index in [1.54, 1.807) is 4.57 Å². The number of aromatic nitrogens is 2. The molecule has 1 aromatic carbocycles. The normalized spacial score (nSPS) is 13.0. The highest BCUT2D eigenvalue weighted by atomic mass is 32.1. The Morgan fingerprint density at radius 1 is 1.35 bits per heavy atom. The minimum Gasteiger partial charge on any atom is -0.380 e. The maximum absolute atomic E-state index is 12.7. The summed E-state index contributed by atoms with van der Waals surface area (Å²) in [7, 11) is 0. The topological polar surface area (TPSA) is 47.0 Å². The van der Waals surface area contributed by atoms with Crippen molar-refractivity contribution in [3.05, 3.63) is 39.4 Å². The first-order valence-corrected chi connectivity index (χ1v) is 7.28. The molecule has 2 rings (SSSR count). The fraction of sp³-hybridized carbons (Fsp3) is 0.467. The Hall–Kier alpha value is -1.46. The third-order valence-corrected chi connectivity index (χ3v) is 3.73. The van der Waals surface area contributed by atoms with Gasteiger partial charge in [0.1, 0.15) is 0 Å². The summed E-state index contributed by atoms with van der Waals surface area (Å²) in [6, 6.07) is 7.37. The highest BCUT2D eigenvalue weighted by Gasteiger charge is 2.19. The Bertz CT molecular complexity index is 703. The monoisotopic (exact) mass is 292 g/mol. The number of benzene rings is 1. The third kappa shape index (κ3) is 2.83. The number of aromatic amines is 1. The van der Waals surface area contributed by atoms with Crippen molar-refractivity contribution in [2.45, 2.75) is 26.8 Å².